The zero-order chi connectivity index (χ0) is 18.2. The van der Waals surface area contributed by atoms with E-state index >= 15 is 0 Å². The van der Waals surface area contributed by atoms with Crippen LogP contribution in [0.3, 0.4) is 0 Å². The van der Waals surface area contributed by atoms with Crippen molar-refractivity contribution in [2.75, 3.05) is 11.9 Å². The van der Waals surface area contributed by atoms with Gasteiger partial charge in [-0.15, -0.1) is 0 Å². The number of carbonyl (C=O) groups is 1. The topological polar surface area (TPSA) is 84.3 Å². The minimum Gasteiger partial charge on any atom is -0.380 e. The Morgan fingerprint density at radius 2 is 1.72 bits per heavy atom. The van der Waals surface area contributed by atoms with Gasteiger partial charge in [0.2, 0.25) is 5.91 Å². The lowest BCUT2D eigenvalue weighted by Gasteiger charge is -2.24. The van der Waals surface area contributed by atoms with Crippen LogP contribution < -0.4 is 10.6 Å². The van der Waals surface area contributed by atoms with Crippen molar-refractivity contribution in [1.82, 2.24) is 5.32 Å². The van der Waals surface area contributed by atoms with Crippen LogP contribution in [0.4, 0.5) is 11.4 Å². The molecule has 6 heteroatoms. The third kappa shape index (κ3) is 5.60. The summed E-state index contributed by atoms with van der Waals surface area (Å²) in [5.41, 5.74) is 1.39. The van der Waals surface area contributed by atoms with E-state index < -0.39 is 4.92 Å². The predicted molar refractivity (Wildman–Crippen MR) is 98.5 cm³/mol. The molecule has 0 unspecified atom stereocenters. The average molecular weight is 341 g/mol. The van der Waals surface area contributed by atoms with Crippen molar-refractivity contribution in [3.63, 3.8) is 0 Å². The molecule has 0 aliphatic carbocycles. The minimum atomic E-state index is -0.462. The molecule has 0 spiro atoms. The Morgan fingerprint density at radius 3 is 2.36 bits per heavy atom. The monoisotopic (exact) mass is 341 g/mol. The summed E-state index contributed by atoms with van der Waals surface area (Å²) in [5, 5.41) is 17.3. The molecule has 0 saturated heterocycles. The van der Waals surface area contributed by atoms with Gasteiger partial charge in [-0.1, -0.05) is 50.2 Å². The molecule has 0 radical (unpaired) electrons. The minimum absolute atomic E-state index is 0.00664. The van der Waals surface area contributed by atoms with E-state index in [0.29, 0.717) is 18.0 Å². The Balaban J connectivity index is 1.94. The maximum atomic E-state index is 12.2. The first-order valence-electron chi connectivity index (χ1n) is 8.28. The van der Waals surface area contributed by atoms with Crippen LogP contribution >= 0.6 is 0 Å². The van der Waals surface area contributed by atoms with Gasteiger partial charge in [-0.3, -0.25) is 14.9 Å². The smallest absolute Gasteiger partial charge is 0.273 e. The van der Waals surface area contributed by atoms with Crippen LogP contribution in [0.1, 0.15) is 19.4 Å². The van der Waals surface area contributed by atoms with Gasteiger partial charge in [0, 0.05) is 29.9 Å². The summed E-state index contributed by atoms with van der Waals surface area (Å²) in [6, 6.07) is 16.2. The van der Waals surface area contributed by atoms with Crippen LogP contribution in [-0.4, -0.2) is 23.4 Å². The van der Waals surface area contributed by atoms with Crippen molar-refractivity contribution >= 4 is 17.3 Å². The molecule has 2 aromatic carbocycles. The molecule has 0 fully saturated rings. The van der Waals surface area contributed by atoms with Gasteiger partial charge in [0.1, 0.15) is 0 Å². The zero-order valence-electron chi connectivity index (χ0n) is 14.4. The zero-order valence-corrected chi connectivity index (χ0v) is 14.4. The van der Waals surface area contributed by atoms with Gasteiger partial charge < -0.3 is 10.6 Å². The van der Waals surface area contributed by atoms with E-state index in [1.54, 1.807) is 18.2 Å². The molecule has 0 bridgehead atoms. The second-order valence-corrected chi connectivity index (χ2v) is 6.23. The number of nitrogens with zero attached hydrogens (tertiary/aromatic N) is 1. The fraction of sp³-hybridized carbons (Fsp3) is 0.316. The number of benzene rings is 2. The molecule has 2 aromatic rings. The van der Waals surface area contributed by atoms with Gasteiger partial charge in [0.05, 0.1) is 11.3 Å². The fourth-order valence-electron chi connectivity index (χ4n) is 2.50. The van der Waals surface area contributed by atoms with Gasteiger partial charge >= 0.3 is 0 Å². The maximum absolute atomic E-state index is 12.2. The number of amides is 1. The predicted octanol–water partition coefficient (Wildman–Crippen LogP) is 3.39. The molecular formula is C19H23N3O3. The highest BCUT2D eigenvalue weighted by Crippen LogP contribution is 2.18. The molecule has 2 rings (SSSR count). The number of carbonyl (C=O) groups excluding carboxylic acids is 1. The van der Waals surface area contributed by atoms with Crippen LogP contribution in [-0.2, 0) is 11.2 Å². The summed E-state index contributed by atoms with van der Waals surface area (Å²) in [4.78, 5) is 22.8. The van der Waals surface area contributed by atoms with Gasteiger partial charge in [-0.2, -0.15) is 0 Å². The summed E-state index contributed by atoms with van der Waals surface area (Å²) >= 11 is 0. The number of hydrogen-bond acceptors (Lipinski definition) is 4. The lowest BCUT2D eigenvalue weighted by molar-refractivity contribution is -0.385. The van der Waals surface area contributed by atoms with Crippen molar-refractivity contribution in [3.8, 4) is 0 Å². The number of para-hydroxylation sites is 2. The highest BCUT2D eigenvalue weighted by atomic mass is 16.6. The molecule has 0 aliphatic heterocycles. The van der Waals surface area contributed by atoms with E-state index in [0.717, 1.165) is 5.69 Å². The van der Waals surface area contributed by atoms with Crippen molar-refractivity contribution in [2.45, 2.75) is 26.3 Å². The number of nitrogens with one attached hydrogen (secondary N) is 2. The normalized spacial score (nSPS) is 11.8. The van der Waals surface area contributed by atoms with Crippen LogP contribution in [0.15, 0.2) is 54.6 Å². The molecule has 1 atom stereocenters. The molecule has 0 aliphatic rings. The Labute approximate surface area is 147 Å². The average Bonchev–Trinajstić information content (AvgIpc) is 2.59. The number of rotatable bonds is 8. The second-order valence-electron chi connectivity index (χ2n) is 6.23. The van der Waals surface area contributed by atoms with Crippen LogP contribution in [0.2, 0.25) is 0 Å². The van der Waals surface area contributed by atoms with E-state index in [9.17, 15) is 14.9 Å². The molecule has 6 nitrogen and oxygen atoms in total. The highest BCUT2D eigenvalue weighted by molar-refractivity contribution is 5.79. The van der Waals surface area contributed by atoms with Crippen molar-refractivity contribution < 1.29 is 9.72 Å². The molecule has 2 N–H and O–H groups in total. The first-order chi connectivity index (χ1) is 12.0. The number of nitro groups is 1. The molecule has 0 saturated carbocycles. The summed E-state index contributed by atoms with van der Waals surface area (Å²) in [6.45, 7) is 4.61. The van der Waals surface area contributed by atoms with Crippen molar-refractivity contribution in [3.05, 3.63) is 70.3 Å². The quantitative estimate of drug-likeness (QED) is 0.569. The van der Waals surface area contributed by atoms with E-state index in [4.69, 9.17) is 0 Å². The maximum Gasteiger partial charge on any atom is 0.273 e. The van der Waals surface area contributed by atoms with Gasteiger partial charge in [-0.25, -0.2) is 0 Å². The van der Waals surface area contributed by atoms with E-state index in [1.807, 2.05) is 30.3 Å². The van der Waals surface area contributed by atoms with Crippen LogP contribution in [0.25, 0.3) is 0 Å². The second kappa shape index (κ2) is 8.82. The third-order valence-corrected chi connectivity index (χ3v) is 3.99. The summed E-state index contributed by atoms with van der Waals surface area (Å²) in [6.07, 6.45) is -0.00664. The van der Waals surface area contributed by atoms with Gasteiger partial charge in [0.25, 0.3) is 5.69 Å². The Bertz CT molecular complexity index is 717. The number of nitro benzene ring substituents is 1. The summed E-state index contributed by atoms with van der Waals surface area (Å²) in [5.74, 6) is 0.0846. The van der Waals surface area contributed by atoms with E-state index in [2.05, 4.69) is 24.5 Å². The third-order valence-electron chi connectivity index (χ3n) is 3.99. The lowest BCUT2D eigenvalue weighted by Crippen LogP contribution is -2.40. The molecule has 1 amide bonds. The Hall–Kier alpha value is -2.89. The SMILES string of the molecule is CC(C)[C@H](CNC(=O)Cc1ccccc1[N+](=O)[O-])Nc1ccccc1. The van der Waals surface area contributed by atoms with Crippen LogP contribution in [0, 0.1) is 16.0 Å². The first kappa shape index (κ1) is 18.4. The molecule has 132 valence electrons. The van der Waals surface area contributed by atoms with Crippen molar-refractivity contribution in [1.29, 1.82) is 0 Å². The summed E-state index contributed by atoms with van der Waals surface area (Å²) < 4.78 is 0. The summed E-state index contributed by atoms with van der Waals surface area (Å²) in [7, 11) is 0. The number of anilines is 1. The van der Waals surface area contributed by atoms with E-state index in [-0.39, 0.29) is 24.1 Å². The molecular weight excluding hydrogens is 318 g/mol. The van der Waals surface area contributed by atoms with Gasteiger partial charge in [-0.05, 0) is 18.1 Å². The molecule has 0 heterocycles. The van der Waals surface area contributed by atoms with Gasteiger partial charge in [0.15, 0.2) is 0 Å². The van der Waals surface area contributed by atoms with Crippen molar-refractivity contribution in [2.24, 2.45) is 5.92 Å². The lowest BCUT2D eigenvalue weighted by atomic mass is 10.0. The Morgan fingerprint density at radius 1 is 1.08 bits per heavy atom. The highest BCUT2D eigenvalue weighted by Gasteiger charge is 2.18. The largest absolute Gasteiger partial charge is 0.380 e. The standard InChI is InChI=1S/C19H23N3O3/c1-14(2)17(21-16-9-4-3-5-10-16)13-20-19(23)12-15-8-6-7-11-18(15)22(24)25/h3-11,14,17,21H,12-13H2,1-2H3,(H,20,23)/t17-/m0/s1. The molecule has 0 aromatic heterocycles. The number of hydrogen-bond donors (Lipinski definition) is 2. The Kier molecular flexibility index (Phi) is 6.51. The fourth-order valence-corrected chi connectivity index (χ4v) is 2.50. The molecule has 25 heavy (non-hydrogen) atoms. The first-order valence-corrected chi connectivity index (χ1v) is 8.28. The van der Waals surface area contributed by atoms with E-state index in [1.165, 1.54) is 6.07 Å². The van der Waals surface area contributed by atoms with Crippen LogP contribution in [0.5, 0.6) is 0 Å².